The van der Waals surface area contributed by atoms with Gasteiger partial charge in [-0.2, -0.15) is 0 Å². The predicted octanol–water partition coefficient (Wildman–Crippen LogP) is 3.35. The van der Waals surface area contributed by atoms with Crippen LogP contribution in [0.2, 0.25) is 0 Å². The lowest BCUT2D eigenvalue weighted by Gasteiger charge is -2.12. The van der Waals surface area contributed by atoms with Gasteiger partial charge in [-0.1, -0.05) is 36.4 Å². The Bertz CT molecular complexity index is 577. The van der Waals surface area contributed by atoms with Crippen molar-refractivity contribution in [1.29, 1.82) is 0 Å². The van der Waals surface area contributed by atoms with E-state index in [0.717, 1.165) is 5.69 Å². The van der Waals surface area contributed by atoms with Crippen molar-refractivity contribution in [3.8, 4) is 11.1 Å². The zero-order valence-corrected chi connectivity index (χ0v) is 11.3. The molecule has 1 fully saturated rings. The second kappa shape index (κ2) is 5.06. The van der Waals surface area contributed by atoms with Crippen LogP contribution in [0.4, 0.5) is 5.69 Å². The van der Waals surface area contributed by atoms with Crippen LogP contribution in [0.1, 0.15) is 17.9 Å². The number of hydrogen-bond donors (Lipinski definition) is 1. The van der Waals surface area contributed by atoms with Crippen molar-refractivity contribution in [3.05, 3.63) is 54.1 Å². The molecule has 2 aromatic rings. The van der Waals surface area contributed by atoms with Crippen molar-refractivity contribution >= 4 is 5.69 Å². The molecule has 0 aromatic heterocycles. The third-order valence-electron chi connectivity index (χ3n) is 3.97. The fourth-order valence-corrected chi connectivity index (χ4v) is 2.90. The average molecular weight is 252 g/mol. The van der Waals surface area contributed by atoms with E-state index in [1.807, 2.05) is 18.2 Å². The Morgan fingerprint density at radius 3 is 2.47 bits per heavy atom. The lowest BCUT2D eigenvalue weighted by Crippen LogP contribution is -2.13. The standard InChI is InChI=1S/C17H20N2/c1-19-9-8-16(12-19)14-5-2-4-13(10-14)15-6-3-7-17(18)11-15/h2-7,10-11,16H,8-9,12,18H2,1H3. The molecule has 0 radical (unpaired) electrons. The van der Waals surface area contributed by atoms with Crippen LogP contribution in [-0.2, 0) is 0 Å². The molecule has 2 nitrogen and oxygen atoms in total. The normalized spacial score (nSPS) is 19.7. The van der Waals surface area contributed by atoms with Gasteiger partial charge in [0.1, 0.15) is 0 Å². The van der Waals surface area contributed by atoms with Gasteiger partial charge in [-0.05, 0) is 54.8 Å². The van der Waals surface area contributed by atoms with E-state index in [2.05, 4.69) is 42.3 Å². The Morgan fingerprint density at radius 1 is 1.05 bits per heavy atom. The molecule has 2 aromatic carbocycles. The lowest BCUT2D eigenvalue weighted by molar-refractivity contribution is 0.411. The number of likely N-dealkylation sites (N-methyl/N-ethyl adjacent to an activating group) is 1. The molecule has 0 bridgehead atoms. The molecule has 1 saturated heterocycles. The maximum absolute atomic E-state index is 5.87. The van der Waals surface area contributed by atoms with Crippen LogP contribution < -0.4 is 5.73 Å². The van der Waals surface area contributed by atoms with Gasteiger partial charge in [0, 0.05) is 12.2 Å². The number of nitrogens with two attached hydrogens (primary N) is 1. The van der Waals surface area contributed by atoms with Crippen molar-refractivity contribution < 1.29 is 0 Å². The van der Waals surface area contributed by atoms with E-state index in [0.29, 0.717) is 5.92 Å². The first kappa shape index (κ1) is 12.2. The van der Waals surface area contributed by atoms with E-state index in [1.165, 1.54) is 36.2 Å². The second-order valence-electron chi connectivity index (χ2n) is 5.50. The topological polar surface area (TPSA) is 29.3 Å². The van der Waals surface area contributed by atoms with Crippen LogP contribution in [-0.4, -0.2) is 25.0 Å². The molecule has 1 aliphatic heterocycles. The minimum absolute atomic E-state index is 0.672. The van der Waals surface area contributed by atoms with E-state index in [1.54, 1.807) is 0 Å². The molecule has 1 atom stereocenters. The molecule has 2 heteroatoms. The van der Waals surface area contributed by atoms with Crippen LogP contribution in [0.3, 0.4) is 0 Å². The van der Waals surface area contributed by atoms with Crippen LogP contribution in [0.25, 0.3) is 11.1 Å². The van der Waals surface area contributed by atoms with Gasteiger partial charge in [-0.25, -0.2) is 0 Å². The fraction of sp³-hybridized carbons (Fsp3) is 0.294. The van der Waals surface area contributed by atoms with Crippen molar-refractivity contribution in [2.24, 2.45) is 0 Å². The van der Waals surface area contributed by atoms with Gasteiger partial charge in [0.2, 0.25) is 0 Å². The zero-order chi connectivity index (χ0) is 13.2. The minimum Gasteiger partial charge on any atom is -0.399 e. The summed E-state index contributed by atoms with van der Waals surface area (Å²) in [6, 6.07) is 17.0. The molecule has 2 N–H and O–H groups in total. The lowest BCUT2D eigenvalue weighted by atomic mass is 9.94. The summed E-state index contributed by atoms with van der Waals surface area (Å²) in [6.07, 6.45) is 1.26. The first-order chi connectivity index (χ1) is 9.22. The monoisotopic (exact) mass is 252 g/mol. The second-order valence-corrected chi connectivity index (χ2v) is 5.50. The van der Waals surface area contributed by atoms with Gasteiger partial charge in [-0.3, -0.25) is 0 Å². The highest BCUT2D eigenvalue weighted by Crippen LogP contribution is 2.30. The molecule has 0 amide bonds. The minimum atomic E-state index is 0.672. The summed E-state index contributed by atoms with van der Waals surface area (Å²) in [5.41, 5.74) is 10.6. The zero-order valence-electron chi connectivity index (χ0n) is 11.3. The first-order valence-electron chi connectivity index (χ1n) is 6.87. The third-order valence-corrected chi connectivity index (χ3v) is 3.97. The van der Waals surface area contributed by atoms with E-state index in [9.17, 15) is 0 Å². The largest absolute Gasteiger partial charge is 0.399 e. The summed E-state index contributed by atoms with van der Waals surface area (Å²) in [5, 5.41) is 0. The SMILES string of the molecule is CN1CCC(c2cccc(-c3cccc(N)c3)c2)C1. The van der Waals surface area contributed by atoms with Crippen LogP contribution in [0.15, 0.2) is 48.5 Å². The molecule has 1 unspecified atom stereocenters. The van der Waals surface area contributed by atoms with E-state index in [4.69, 9.17) is 5.73 Å². The molecule has 0 saturated carbocycles. The number of nitrogen functional groups attached to an aromatic ring is 1. The third kappa shape index (κ3) is 2.64. The average Bonchev–Trinajstić information content (AvgIpc) is 2.86. The van der Waals surface area contributed by atoms with Gasteiger partial charge in [0.05, 0.1) is 0 Å². The molecule has 98 valence electrons. The van der Waals surface area contributed by atoms with Crippen LogP contribution in [0.5, 0.6) is 0 Å². The predicted molar refractivity (Wildman–Crippen MR) is 81.1 cm³/mol. The molecule has 1 aliphatic rings. The molecular weight excluding hydrogens is 232 g/mol. The van der Waals surface area contributed by atoms with E-state index >= 15 is 0 Å². The highest BCUT2D eigenvalue weighted by Gasteiger charge is 2.21. The van der Waals surface area contributed by atoms with Crippen molar-refractivity contribution in [3.63, 3.8) is 0 Å². The van der Waals surface area contributed by atoms with Gasteiger partial charge < -0.3 is 10.6 Å². The molecule has 0 spiro atoms. The number of rotatable bonds is 2. The Kier molecular flexibility index (Phi) is 3.26. The van der Waals surface area contributed by atoms with Gasteiger partial charge in [0.15, 0.2) is 0 Å². The van der Waals surface area contributed by atoms with E-state index < -0.39 is 0 Å². The smallest absolute Gasteiger partial charge is 0.0320 e. The summed E-state index contributed by atoms with van der Waals surface area (Å²) in [7, 11) is 2.20. The van der Waals surface area contributed by atoms with Crippen LogP contribution in [0, 0.1) is 0 Å². The highest BCUT2D eigenvalue weighted by atomic mass is 15.1. The quantitative estimate of drug-likeness (QED) is 0.830. The van der Waals surface area contributed by atoms with Crippen molar-refractivity contribution in [2.45, 2.75) is 12.3 Å². The van der Waals surface area contributed by atoms with Gasteiger partial charge >= 0.3 is 0 Å². The molecule has 0 aliphatic carbocycles. The summed E-state index contributed by atoms with van der Waals surface area (Å²) < 4.78 is 0. The summed E-state index contributed by atoms with van der Waals surface area (Å²) in [6.45, 7) is 2.37. The maximum Gasteiger partial charge on any atom is 0.0320 e. The molecule has 1 heterocycles. The Balaban J connectivity index is 1.92. The maximum atomic E-state index is 5.87. The summed E-state index contributed by atoms with van der Waals surface area (Å²) in [4.78, 5) is 2.40. The van der Waals surface area contributed by atoms with Crippen molar-refractivity contribution in [2.75, 3.05) is 25.9 Å². The van der Waals surface area contributed by atoms with Gasteiger partial charge in [-0.15, -0.1) is 0 Å². The van der Waals surface area contributed by atoms with Crippen molar-refractivity contribution in [1.82, 2.24) is 4.90 Å². The molecular formula is C17H20N2. The first-order valence-corrected chi connectivity index (χ1v) is 6.87. The number of likely N-dealkylation sites (tertiary alicyclic amines) is 1. The summed E-state index contributed by atoms with van der Waals surface area (Å²) >= 11 is 0. The van der Waals surface area contributed by atoms with Gasteiger partial charge in [0.25, 0.3) is 0 Å². The number of benzene rings is 2. The van der Waals surface area contributed by atoms with E-state index in [-0.39, 0.29) is 0 Å². The fourth-order valence-electron chi connectivity index (χ4n) is 2.90. The Labute approximate surface area is 114 Å². The Morgan fingerprint density at radius 2 is 1.79 bits per heavy atom. The Hall–Kier alpha value is -1.80. The number of nitrogens with zero attached hydrogens (tertiary/aromatic N) is 1. The number of anilines is 1. The van der Waals surface area contributed by atoms with Crippen LogP contribution >= 0.6 is 0 Å². The summed E-state index contributed by atoms with van der Waals surface area (Å²) in [5.74, 6) is 0.672. The number of hydrogen-bond acceptors (Lipinski definition) is 2. The highest BCUT2D eigenvalue weighted by molar-refractivity contribution is 5.68. The molecule has 3 rings (SSSR count). The molecule has 19 heavy (non-hydrogen) atoms.